The average molecular weight is 403 g/mol. The zero-order valence-electron chi connectivity index (χ0n) is 17.3. The number of hydrogen-bond acceptors (Lipinski definition) is 7. The number of cyclic esters (lactones) is 2. The maximum Gasteiger partial charge on any atom is 0.350 e. The van der Waals surface area contributed by atoms with Crippen molar-refractivity contribution in [1.29, 1.82) is 0 Å². The number of carbonyl (C=O) groups is 3. The van der Waals surface area contributed by atoms with Crippen molar-refractivity contribution in [3.8, 4) is 0 Å². The Morgan fingerprint density at radius 3 is 2.17 bits per heavy atom. The molecular formula is C22H29NO6. The summed E-state index contributed by atoms with van der Waals surface area (Å²) >= 11 is 0. The number of benzene rings is 1. The Labute approximate surface area is 171 Å². The highest BCUT2D eigenvalue weighted by atomic mass is 16.7. The van der Waals surface area contributed by atoms with Crippen molar-refractivity contribution in [3.63, 3.8) is 0 Å². The predicted octanol–water partition coefficient (Wildman–Crippen LogP) is 4.34. The quantitative estimate of drug-likeness (QED) is 0.269. The van der Waals surface area contributed by atoms with Crippen LogP contribution in [-0.4, -0.2) is 30.3 Å². The van der Waals surface area contributed by atoms with Crippen LogP contribution in [-0.2, 0) is 23.8 Å². The van der Waals surface area contributed by atoms with Crippen LogP contribution in [0.1, 0.15) is 69.7 Å². The largest absolute Gasteiger partial charge is 0.462 e. The van der Waals surface area contributed by atoms with Crippen molar-refractivity contribution in [2.45, 2.75) is 65.1 Å². The van der Waals surface area contributed by atoms with Crippen LogP contribution in [0.3, 0.4) is 0 Å². The number of anilines is 1. The highest BCUT2D eigenvalue weighted by Crippen LogP contribution is 2.29. The molecule has 2 rings (SSSR count). The lowest BCUT2D eigenvalue weighted by Crippen LogP contribution is -2.45. The van der Waals surface area contributed by atoms with Crippen molar-refractivity contribution >= 4 is 23.6 Å². The van der Waals surface area contributed by atoms with Crippen LogP contribution in [0, 0.1) is 0 Å². The van der Waals surface area contributed by atoms with Crippen LogP contribution < -0.4 is 5.32 Å². The summed E-state index contributed by atoms with van der Waals surface area (Å²) in [5.74, 6) is -3.01. The Morgan fingerprint density at radius 2 is 1.62 bits per heavy atom. The first-order chi connectivity index (χ1) is 13.9. The van der Waals surface area contributed by atoms with Gasteiger partial charge in [0, 0.05) is 24.7 Å². The van der Waals surface area contributed by atoms with E-state index in [9.17, 15) is 14.4 Å². The van der Waals surface area contributed by atoms with E-state index in [1.807, 2.05) is 0 Å². The van der Waals surface area contributed by atoms with E-state index in [2.05, 4.69) is 12.2 Å². The van der Waals surface area contributed by atoms with Crippen LogP contribution in [0.2, 0.25) is 0 Å². The SMILES string of the molecule is CCCCCCOC(=O)c1ccc(NC=C2C(=O)OC(CC)(CC)OC2=O)cc1. The van der Waals surface area contributed by atoms with Gasteiger partial charge >= 0.3 is 17.9 Å². The van der Waals surface area contributed by atoms with Crippen LogP contribution in [0.4, 0.5) is 5.69 Å². The minimum Gasteiger partial charge on any atom is -0.462 e. The van der Waals surface area contributed by atoms with Crippen LogP contribution in [0.5, 0.6) is 0 Å². The lowest BCUT2D eigenvalue weighted by Gasteiger charge is -2.34. The first-order valence-electron chi connectivity index (χ1n) is 10.1. The molecule has 0 unspecified atom stereocenters. The van der Waals surface area contributed by atoms with Gasteiger partial charge in [-0.15, -0.1) is 0 Å². The topological polar surface area (TPSA) is 90.9 Å². The number of carbonyl (C=O) groups excluding carboxylic acids is 3. The van der Waals surface area contributed by atoms with Crippen LogP contribution >= 0.6 is 0 Å². The molecule has 7 nitrogen and oxygen atoms in total. The number of nitrogens with one attached hydrogen (secondary N) is 1. The van der Waals surface area contributed by atoms with Gasteiger partial charge in [-0.05, 0) is 30.7 Å². The van der Waals surface area contributed by atoms with E-state index < -0.39 is 17.7 Å². The Bertz CT molecular complexity index is 727. The second-order valence-corrected chi connectivity index (χ2v) is 6.87. The molecule has 1 N–H and O–H groups in total. The van der Waals surface area contributed by atoms with Gasteiger partial charge in [0.05, 0.1) is 12.2 Å². The molecule has 29 heavy (non-hydrogen) atoms. The van der Waals surface area contributed by atoms with Crippen molar-refractivity contribution < 1.29 is 28.6 Å². The molecule has 158 valence electrons. The zero-order chi connectivity index (χ0) is 21.3. The van der Waals surface area contributed by atoms with E-state index in [4.69, 9.17) is 14.2 Å². The molecule has 1 aromatic carbocycles. The summed E-state index contributed by atoms with van der Waals surface area (Å²) in [6.07, 6.45) is 6.19. The van der Waals surface area contributed by atoms with Gasteiger partial charge in [-0.25, -0.2) is 14.4 Å². The van der Waals surface area contributed by atoms with E-state index in [0.29, 0.717) is 30.7 Å². The Kier molecular flexibility index (Phi) is 8.24. The van der Waals surface area contributed by atoms with Gasteiger partial charge in [0.1, 0.15) is 0 Å². The number of hydrogen-bond donors (Lipinski definition) is 1. The van der Waals surface area contributed by atoms with Crippen molar-refractivity contribution in [2.24, 2.45) is 0 Å². The molecule has 0 aromatic heterocycles. The van der Waals surface area contributed by atoms with Gasteiger partial charge in [-0.3, -0.25) is 0 Å². The molecule has 0 aliphatic carbocycles. The number of unbranched alkanes of at least 4 members (excludes halogenated alkanes) is 3. The van der Waals surface area contributed by atoms with E-state index in [-0.39, 0.29) is 11.5 Å². The molecule has 0 saturated carbocycles. The molecule has 7 heteroatoms. The maximum absolute atomic E-state index is 12.2. The molecule has 0 bridgehead atoms. The number of ether oxygens (including phenoxy) is 3. The van der Waals surface area contributed by atoms with Crippen LogP contribution in [0.25, 0.3) is 0 Å². The van der Waals surface area contributed by atoms with Gasteiger partial charge in [0.15, 0.2) is 5.57 Å². The molecule has 1 aromatic rings. The van der Waals surface area contributed by atoms with Crippen molar-refractivity contribution in [2.75, 3.05) is 11.9 Å². The highest BCUT2D eigenvalue weighted by Gasteiger charge is 2.43. The predicted molar refractivity (Wildman–Crippen MR) is 108 cm³/mol. The summed E-state index contributed by atoms with van der Waals surface area (Å²) in [4.78, 5) is 36.4. The monoisotopic (exact) mass is 403 g/mol. The fraction of sp³-hybridized carbons (Fsp3) is 0.500. The Hall–Kier alpha value is -2.83. The Balaban J connectivity index is 1.92. The van der Waals surface area contributed by atoms with Gasteiger partial charge in [0.2, 0.25) is 0 Å². The average Bonchev–Trinajstić information content (AvgIpc) is 2.73. The summed E-state index contributed by atoms with van der Waals surface area (Å²) in [5.41, 5.74) is 0.823. The summed E-state index contributed by atoms with van der Waals surface area (Å²) in [7, 11) is 0. The summed E-state index contributed by atoms with van der Waals surface area (Å²) in [5, 5.41) is 2.86. The number of esters is 3. The minimum atomic E-state index is -1.19. The molecule has 1 fully saturated rings. The first kappa shape index (κ1) is 22.5. The fourth-order valence-electron chi connectivity index (χ4n) is 2.84. The molecule has 0 amide bonds. The smallest absolute Gasteiger partial charge is 0.350 e. The van der Waals surface area contributed by atoms with Gasteiger partial charge in [-0.1, -0.05) is 40.0 Å². The van der Waals surface area contributed by atoms with Gasteiger partial charge in [0.25, 0.3) is 5.79 Å². The lowest BCUT2D eigenvalue weighted by atomic mass is 10.1. The van der Waals surface area contributed by atoms with E-state index >= 15 is 0 Å². The second kappa shape index (κ2) is 10.6. The second-order valence-electron chi connectivity index (χ2n) is 6.87. The maximum atomic E-state index is 12.2. The highest BCUT2D eigenvalue weighted by molar-refractivity contribution is 6.15. The molecular weight excluding hydrogens is 374 g/mol. The summed E-state index contributed by atoms with van der Waals surface area (Å²) < 4.78 is 15.9. The van der Waals surface area contributed by atoms with Gasteiger partial charge in [-0.2, -0.15) is 0 Å². The zero-order valence-corrected chi connectivity index (χ0v) is 17.3. The fourth-order valence-corrected chi connectivity index (χ4v) is 2.84. The minimum absolute atomic E-state index is 0.210. The normalized spacial score (nSPS) is 15.3. The van der Waals surface area contributed by atoms with E-state index in [1.54, 1.807) is 38.1 Å². The number of rotatable bonds is 10. The summed E-state index contributed by atoms with van der Waals surface area (Å²) in [6.45, 7) is 6.11. The third kappa shape index (κ3) is 6.07. The van der Waals surface area contributed by atoms with Crippen molar-refractivity contribution in [3.05, 3.63) is 41.6 Å². The Morgan fingerprint density at radius 1 is 1.00 bits per heavy atom. The molecule has 0 spiro atoms. The molecule has 1 saturated heterocycles. The van der Waals surface area contributed by atoms with Gasteiger partial charge < -0.3 is 19.5 Å². The van der Waals surface area contributed by atoms with Crippen LogP contribution in [0.15, 0.2) is 36.0 Å². The standard InChI is InChI=1S/C22H29NO6/c1-4-7-8-9-14-27-19(24)16-10-12-17(13-11-16)23-15-18-20(25)28-22(5-2,6-3)29-21(18)26/h10-13,15,23H,4-9,14H2,1-3H3. The lowest BCUT2D eigenvalue weighted by molar-refractivity contribution is -0.237. The molecule has 1 aliphatic heterocycles. The van der Waals surface area contributed by atoms with E-state index in [0.717, 1.165) is 25.7 Å². The molecule has 1 heterocycles. The summed E-state index contributed by atoms with van der Waals surface area (Å²) in [6, 6.07) is 6.55. The third-order valence-electron chi connectivity index (χ3n) is 4.81. The first-order valence-corrected chi connectivity index (χ1v) is 10.1. The van der Waals surface area contributed by atoms with Crippen molar-refractivity contribution in [1.82, 2.24) is 0 Å². The van der Waals surface area contributed by atoms with E-state index in [1.165, 1.54) is 6.20 Å². The molecule has 1 aliphatic rings. The third-order valence-corrected chi connectivity index (χ3v) is 4.81. The molecule has 0 atom stereocenters. The molecule has 0 radical (unpaired) electrons.